The lowest BCUT2D eigenvalue weighted by molar-refractivity contribution is -0.145. The zero-order valence-electron chi connectivity index (χ0n) is 13.4. The van der Waals surface area contributed by atoms with Crippen LogP contribution in [-0.4, -0.2) is 32.2 Å². The minimum Gasteiger partial charge on any atom is -0.497 e. The van der Waals surface area contributed by atoms with Gasteiger partial charge in [-0.3, -0.25) is 4.79 Å². The van der Waals surface area contributed by atoms with Crippen LogP contribution in [-0.2, 0) is 16.0 Å². The molecule has 2 N–H and O–H groups in total. The molecule has 0 unspecified atom stereocenters. The van der Waals surface area contributed by atoms with E-state index in [0.717, 1.165) is 11.3 Å². The van der Waals surface area contributed by atoms with E-state index in [-0.39, 0.29) is 24.5 Å². The summed E-state index contributed by atoms with van der Waals surface area (Å²) < 4.78 is 15.5. The predicted molar refractivity (Wildman–Crippen MR) is 88.1 cm³/mol. The molecule has 0 spiro atoms. The third-order valence-electron chi connectivity index (χ3n) is 3.31. The first kappa shape index (κ1) is 17.3. The monoisotopic (exact) mass is 329 g/mol. The molecule has 0 bridgehead atoms. The molecule has 0 aliphatic carbocycles. The molecule has 0 atom stereocenters. The highest BCUT2D eigenvalue weighted by atomic mass is 16.6. The number of hydrogen-bond donors (Lipinski definition) is 1. The first-order valence-corrected chi connectivity index (χ1v) is 7.40. The van der Waals surface area contributed by atoms with E-state index in [0.29, 0.717) is 6.42 Å². The highest BCUT2D eigenvalue weighted by Crippen LogP contribution is 2.17. The summed E-state index contributed by atoms with van der Waals surface area (Å²) >= 11 is 0. The van der Waals surface area contributed by atoms with E-state index in [4.69, 9.17) is 19.9 Å². The summed E-state index contributed by atoms with van der Waals surface area (Å²) in [5.74, 6) is -0.0874. The number of esters is 1. The molecule has 0 aliphatic rings. The highest BCUT2D eigenvalue weighted by Gasteiger charge is 2.11. The Balaban J connectivity index is 1.76. The van der Waals surface area contributed by atoms with Crippen LogP contribution in [0.2, 0.25) is 0 Å². The fourth-order valence-corrected chi connectivity index (χ4v) is 2.05. The molecule has 0 saturated heterocycles. The van der Waals surface area contributed by atoms with E-state index in [1.165, 1.54) is 6.07 Å². The van der Waals surface area contributed by atoms with Crippen molar-refractivity contribution in [3.63, 3.8) is 0 Å². The van der Waals surface area contributed by atoms with Gasteiger partial charge < -0.3 is 19.9 Å². The summed E-state index contributed by atoms with van der Waals surface area (Å²) in [6.45, 7) is -0.0428. The molecular weight excluding hydrogens is 310 g/mol. The molecule has 0 saturated carbocycles. The van der Waals surface area contributed by atoms with Crippen molar-refractivity contribution in [3.05, 3.63) is 59.7 Å². The number of para-hydroxylation sites is 1. The van der Waals surface area contributed by atoms with E-state index in [2.05, 4.69) is 0 Å². The van der Waals surface area contributed by atoms with Crippen molar-refractivity contribution in [1.29, 1.82) is 0 Å². The van der Waals surface area contributed by atoms with Crippen molar-refractivity contribution in [2.24, 2.45) is 5.73 Å². The van der Waals surface area contributed by atoms with Gasteiger partial charge in [0.1, 0.15) is 11.5 Å². The largest absolute Gasteiger partial charge is 0.497 e. The van der Waals surface area contributed by atoms with Gasteiger partial charge in [-0.05, 0) is 29.8 Å². The Morgan fingerprint density at radius 1 is 1.04 bits per heavy atom. The molecule has 1 amide bonds. The Morgan fingerprint density at radius 3 is 2.42 bits per heavy atom. The van der Waals surface area contributed by atoms with Crippen molar-refractivity contribution >= 4 is 11.9 Å². The van der Waals surface area contributed by atoms with Gasteiger partial charge in [-0.25, -0.2) is 4.79 Å². The average molecular weight is 329 g/mol. The molecular formula is C18H19NO5. The summed E-state index contributed by atoms with van der Waals surface area (Å²) in [5, 5.41) is 0. The quantitative estimate of drug-likeness (QED) is 0.748. The standard InChI is InChI=1S/C18H19NO5/c1-22-14-8-6-13(7-9-14)10-11-23-17(20)12-24-16-5-3-2-4-15(16)18(19)21/h2-9H,10-12H2,1H3,(H2,19,21). The SMILES string of the molecule is COc1ccc(CCOC(=O)COc2ccccc2C(N)=O)cc1. The van der Waals surface area contributed by atoms with Crippen LogP contribution in [0.3, 0.4) is 0 Å². The molecule has 0 radical (unpaired) electrons. The maximum absolute atomic E-state index is 11.7. The van der Waals surface area contributed by atoms with Crippen molar-refractivity contribution in [1.82, 2.24) is 0 Å². The lowest BCUT2D eigenvalue weighted by Crippen LogP contribution is -2.18. The third-order valence-corrected chi connectivity index (χ3v) is 3.31. The van der Waals surface area contributed by atoms with Gasteiger partial charge in [0.2, 0.25) is 0 Å². The summed E-state index contributed by atoms with van der Waals surface area (Å²) in [4.78, 5) is 23.0. The van der Waals surface area contributed by atoms with Crippen LogP contribution >= 0.6 is 0 Å². The number of rotatable bonds is 8. The van der Waals surface area contributed by atoms with Crippen LogP contribution in [0.5, 0.6) is 11.5 Å². The summed E-state index contributed by atoms with van der Waals surface area (Å²) in [6, 6.07) is 14.0. The second kappa shape index (κ2) is 8.57. The van der Waals surface area contributed by atoms with E-state index in [1.807, 2.05) is 24.3 Å². The fourth-order valence-electron chi connectivity index (χ4n) is 2.05. The Bertz CT molecular complexity index is 697. The second-order valence-corrected chi connectivity index (χ2v) is 4.97. The van der Waals surface area contributed by atoms with Crippen LogP contribution in [0.1, 0.15) is 15.9 Å². The van der Waals surface area contributed by atoms with E-state index >= 15 is 0 Å². The zero-order valence-corrected chi connectivity index (χ0v) is 13.4. The lowest BCUT2D eigenvalue weighted by atomic mass is 10.1. The van der Waals surface area contributed by atoms with Crippen molar-refractivity contribution in [2.45, 2.75) is 6.42 Å². The van der Waals surface area contributed by atoms with E-state index < -0.39 is 11.9 Å². The second-order valence-electron chi connectivity index (χ2n) is 4.97. The molecule has 6 heteroatoms. The third kappa shape index (κ3) is 5.01. The fraction of sp³-hybridized carbons (Fsp3) is 0.222. The predicted octanol–water partition coefficient (Wildman–Crippen LogP) is 1.96. The molecule has 0 heterocycles. The average Bonchev–Trinajstić information content (AvgIpc) is 2.60. The van der Waals surface area contributed by atoms with Crippen molar-refractivity contribution in [2.75, 3.05) is 20.3 Å². The normalized spacial score (nSPS) is 10.0. The lowest BCUT2D eigenvalue weighted by Gasteiger charge is -2.09. The van der Waals surface area contributed by atoms with E-state index in [1.54, 1.807) is 25.3 Å². The van der Waals surface area contributed by atoms with Crippen LogP contribution in [0.4, 0.5) is 0 Å². The number of nitrogens with two attached hydrogens (primary N) is 1. The molecule has 6 nitrogen and oxygen atoms in total. The van der Waals surface area contributed by atoms with Crippen molar-refractivity contribution in [3.8, 4) is 11.5 Å². The first-order valence-electron chi connectivity index (χ1n) is 7.40. The maximum atomic E-state index is 11.7. The van der Waals surface area contributed by atoms with Gasteiger partial charge in [-0.1, -0.05) is 24.3 Å². The number of hydrogen-bond acceptors (Lipinski definition) is 5. The number of carbonyl (C=O) groups excluding carboxylic acids is 2. The number of benzene rings is 2. The summed E-state index contributed by atoms with van der Waals surface area (Å²) in [7, 11) is 1.60. The molecule has 24 heavy (non-hydrogen) atoms. The minimum atomic E-state index is -0.613. The Morgan fingerprint density at radius 2 is 1.75 bits per heavy atom. The van der Waals surface area contributed by atoms with E-state index in [9.17, 15) is 9.59 Å². The molecule has 0 aliphatic heterocycles. The number of carbonyl (C=O) groups is 2. The smallest absolute Gasteiger partial charge is 0.344 e. The Hall–Kier alpha value is -3.02. The topological polar surface area (TPSA) is 87.8 Å². The Labute approximate surface area is 140 Å². The van der Waals surface area contributed by atoms with Crippen molar-refractivity contribution < 1.29 is 23.8 Å². The molecule has 0 fully saturated rings. The molecule has 2 rings (SSSR count). The van der Waals surface area contributed by atoms with Gasteiger partial charge in [0.15, 0.2) is 6.61 Å². The molecule has 2 aromatic carbocycles. The van der Waals surface area contributed by atoms with Gasteiger partial charge in [0, 0.05) is 6.42 Å². The highest BCUT2D eigenvalue weighted by molar-refractivity contribution is 5.95. The first-order chi connectivity index (χ1) is 11.6. The Kier molecular flexibility index (Phi) is 6.19. The molecule has 126 valence electrons. The van der Waals surface area contributed by atoms with Gasteiger partial charge in [-0.2, -0.15) is 0 Å². The summed E-state index contributed by atoms with van der Waals surface area (Å²) in [6.07, 6.45) is 0.591. The minimum absolute atomic E-state index is 0.225. The number of ether oxygens (including phenoxy) is 3. The van der Waals surface area contributed by atoms with Gasteiger partial charge in [-0.15, -0.1) is 0 Å². The van der Waals surface area contributed by atoms with Gasteiger partial charge >= 0.3 is 5.97 Å². The van der Waals surface area contributed by atoms with Crippen LogP contribution in [0, 0.1) is 0 Å². The van der Waals surface area contributed by atoms with Crippen LogP contribution < -0.4 is 15.2 Å². The van der Waals surface area contributed by atoms with Crippen LogP contribution in [0.25, 0.3) is 0 Å². The molecule has 2 aromatic rings. The number of amides is 1. The molecule has 0 aromatic heterocycles. The van der Waals surface area contributed by atoms with Gasteiger partial charge in [0.25, 0.3) is 5.91 Å². The number of primary amides is 1. The van der Waals surface area contributed by atoms with Crippen LogP contribution in [0.15, 0.2) is 48.5 Å². The number of methoxy groups -OCH3 is 1. The van der Waals surface area contributed by atoms with Gasteiger partial charge in [0.05, 0.1) is 19.3 Å². The zero-order chi connectivity index (χ0) is 17.4. The maximum Gasteiger partial charge on any atom is 0.344 e. The summed E-state index contributed by atoms with van der Waals surface area (Å²) in [5.41, 5.74) is 6.50.